The topological polar surface area (TPSA) is 52.9 Å². The van der Waals surface area contributed by atoms with E-state index in [4.69, 9.17) is 5.26 Å². The second-order valence-corrected chi connectivity index (χ2v) is 6.60. The van der Waals surface area contributed by atoms with E-state index in [-0.39, 0.29) is 5.91 Å². The first-order chi connectivity index (χ1) is 8.60. The van der Waals surface area contributed by atoms with Crippen molar-refractivity contribution >= 4 is 54.8 Å². The fourth-order valence-corrected chi connectivity index (χ4v) is 3.21. The second-order valence-electron chi connectivity index (χ2n) is 3.38. The number of hydrogen-bond acceptors (Lipinski definition) is 3. The van der Waals surface area contributed by atoms with Crippen LogP contribution in [0.3, 0.4) is 0 Å². The molecule has 1 aromatic heterocycles. The van der Waals surface area contributed by atoms with Crippen molar-refractivity contribution in [1.29, 1.82) is 5.26 Å². The van der Waals surface area contributed by atoms with Gasteiger partial charge in [-0.25, -0.2) is 0 Å². The Balaban J connectivity index is 2.13. The van der Waals surface area contributed by atoms with E-state index in [2.05, 4.69) is 37.2 Å². The van der Waals surface area contributed by atoms with Crippen molar-refractivity contribution in [2.45, 2.75) is 0 Å². The van der Waals surface area contributed by atoms with Crippen molar-refractivity contribution in [2.75, 3.05) is 5.32 Å². The van der Waals surface area contributed by atoms with E-state index in [1.54, 1.807) is 30.3 Å². The summed E-state index contributed by atoms with van der Waals surface area (Å²) >= 11 is 8.04. The zero-order valence-corrected chi connectivity index (χ0v) is 12.9. The first-order valence-electron chi connectivity index (χ1n) is 4.86. The summed E-state index contributed by atoms with van der Waals surface area (Å²) in [6, 6.07) is 10.5. The number of amides is 1. The summed E-state index contributed by atoms with van der Waals surface area (Å²) in [5, 5.41) is 11.4. The normalized spacial score (nSPS) is 9.83. The van der Waals surface area contributed by atoms with Crippen LogP contribution in [0.1, 0.15) is 15.2 Å². The number of halogens is 2. The Morgan fingerprint density at radius 2 is 1.94 bits per heavy atom. The highest BCUT2D eigenvalue weighted by atomic mass is 79.9. The van der Waals surface area contributed by atoms with Crippen LogP contribution in [0.2, 0.25) is 0 Å². The van der Waals surface area contributed by atoms with Crippen LogP contribution in [0.15, 0.2) is 38.6 Å². The van der Waals surface area contributed by atoms with Gasteiger partial charge in [0.15, 0.2) is 0 Å². The first-order valence-corrected chi connectivity index (χ1v) is 7.27. The number of carbonyl (C=O) groups is 1. The molecule has 0 atom stereocenters. The maximum atomic E-state index is 11.9. The summed E-state index contributed by atoms with van der Waals surface area (Å²) in [5.74, 6) is -0.170. The van der Waals surface area contributed by atoms with Crippen LogP contribution in [0.25, 0.3) is 0 Å². The van der Waals surface area contributed by atoms with Crippen LogP contribution in [0.5, 0.6) is 0 Å². The SMILES string of the molecule is N#Cc1ccc(NC(=O)c2cc(Br)c(Br)s2)cc1. The summed E-state index contributed by atoms with van der Waals surface area (Å²) in [5.41, 5.74) is 1.23. The lowest BCUT2D eigenvalue weighted by atomic mass is 10.2. The predicted octanol–water partition coefficient (Wildman–Crippen LogP) is 4.40. The third kappa shape index (κ3) is 2.99. The average molecular weight is 386 g/mol. The zero-order chi connectivity index (χ0) is 13.1. The molecule has 0 saturated carbocycles. The van der Waals surface area contributed by atoms with Gasteiger partial charge in [-0.3, -0.25) is 4.79 Å². The minimum Gasteiger partial charge on any atom is -0.321 e. The number of hydrogen-bond donors (Lipinski definition) is 1. The molecule has 0 fully saturated rings. The van der Waals surface area contributed by atoms with E-state index >= 15 is 0 Å². The summed E-state index contributed by atoms with van der Waals surface area (Å²) in [6.45, 7) is 0. The largest absolute Gasteiger partial charge is 0.321 e. The van der Waals surface area contributed by atoms with E-state index < -0.39 is 0 Å². The number of nitriles is 1. The van der Waals surface area contributed by atoms with E-state index in [1.165, 1.54) is 11.3 Å². The molecule has 0 aliphatic rings. The van der Waals surface area contributed by atoms with Crippen molar-refractivity contribution in [2.24, 2.45) is 0 Å². The van der Waals surface area contributed by atoms with Gasteiger partial charge in [0, 0.05) is 10.2 Å². The number of nitrogens with zero attached hydrogens (tertiary/aromatic N) is 1. The average Bonchev–Trinajstić information content (AvgIpc) is 2.71. The third-order valence-electron chi connectivity index (χ3n) is 2.14. The molecule has 0 saturated heterocycles. The second kappa shape index (κ2) is 5.65. The summed E-state index contributed by atoms with van der Waals surface area (Å²) in [7, 11) is 0. The lowest BCUT2D eigenvalue weighted by Crippen LogP contribution is -2.09. The zero-order valence-electron chi connectivity index (χ0n) is 8.91. The monoisotopic (exact) mass is 384 g/mol. The molecule has 1 amide bonds. The van der Waals surface area contributed by atoms with Crippen LogP contribution < -0.4 is 5.32 Å². The van der Waals surface area contributed by atoms with E-state index in [0.717, 1.165) is 8.26 Å². The summed E-state index contributed by atoms with van der Waals surface area (Å²) in [6.07, 6.45) is 0. The molecule has 18 heavy (non-hydrogen) atoms. The molecule has 0 bridgehead atoms. The highest BCUT2D eigenvalue weighted by molar-refractivity contribution is 9.13. The van der Waals surface area contributed by atoms with Crippen LogP contribution in [0, 0.1) is 11.3 Å². The molecule has 0 spiro atoms. The van der Waals surface area contributed by atoms with Crippen LogP contribution in [-0.2, 0) is 0 Å². The summed E-state index contributed by atoms with van der Waals surface area (Å²) < 4.78 is 1.74. The lowest BCUT2D eigenvalue weighted by Gasteiger charge is -2.02. The molecule has 0 aliphatic heterocycles. The van der Waals surface area contributed by atoms with E-state index in [9.17, 15) is 4.79 Å². The fourth-order valence-electron chi connectivity index (χ4n) is 1.28. The molecule has 90 valence electrons. The van der Waals surface area contributed by atoms with Crippen LogP contribution >= 0.6 is 43.2 Å². The molecule has 3 nitrogen and oxygen atoms in total. The number of rotatable bonds is 2. The Labute approximate surface area is 125 Å². The molecule has 1 N–H and O–H groups in total. The van der Waals surface area contributed by atoms with Crippen LogP contribution in [0.4, 0.5) is 5.69 Å². The fraction of sp³-hybridized carbons (Fsp3) is 0. The van der Waals surface area contributed by atoms with Crippen molar-refractivity contribution in [1.82, 2.24) is 0 Å². The minimum absolute atomic E-state index is 0.170. The maximum absolute atomic E-state index is 11.9. The Kier molecular flexibility index (Phi) is 4.17. The first kappa shape index (κ1) is 13.3. The highest BCUT2D eigenvalue weighted by Gasteiger charge is 2.12. The number of thiophene rings is 1. The predicted molar refractivity (Wildman–Crippen MR) is 78.8 cm³/mol. The van der Waals surface area contributed by atoms with Gasteiger partial charge in [0.05, 0.1) is 20.3 Å². The number of nitrogens with one attached hydrogen (secondary N) is 1. The van der Waals surface area contributed by atoms with Gasteiger partial charge >= 0.3 is 0 Å². The lowest BCUT2D eigenvalue weighted by molar-refractivity contribution is 0.103. The molecule has 0 radical (unpaired) electrons. The minimum atomic E-state index is -0.170. The smallest absolute Gasteiger partial charge is 0.265 e. The molecule has 2 aromatic rings. The quantitative estimate of drug-likeness (QED) is 0.832. The summed E-state index contributed by atoms with van der Waals surface area (Å²) in [4.78, 5) is 12.5. The van der Waals surface area contributed by atoms with Gasteiger partial charge in [0.2, 0.25) is 0 Å². The molecular formula is C12H6Br2N2OS. The number of anilines is 1. The van der Waals surface area contributed by atoms with Gasteiger partial charge in [0.1, 0.15) is 0 Å². The van der Waals surface area contributed by atoms with E-state index in [0.29, 0.717) is 16.1 Å². The standard InChI is InChI=1S/C12H6Br2N2OS/c13-9-5-10(18-11(9)14)12(17)16-8-3-1-7(6-15)2-4-8/h1-5H,(H,16,17). The van der Waals surface area contributed by atoms with Gasteiger partial charge < -0.3 is 5.32 Å². The number of carbonyl (C=O) groups excluding carboxylic acids is 1. The number of benzene rings is 1. The Hall–Kier alpha value is -1.16. The van der Waals surface area contributed by atoms with Gasteiger partial charge in [-0.15, -0.1) is 11.3 Å². The van der Waals surface area contributed by atoms with Gasteiger partial charge in [-0.05, 0) is 62.2 Å². The van der Waals surface area contributed by atoms with Crippen molar-refractivity contribution in [3.05, 3.63) is 49.0 Å². The van der Waals surface area contributed by atoms with Crippen LogP contribution in [-0.4, -0.2) is 5.91 Å². The van der Waals surface area contributed by atoms with Gasteiger partial charge in [-0.1, -0.05) is 0 Å². The van der Waals surface area contributed by atoms with Crippen molar-refractivity contribution < 1.29 is 4.79 Å². The maximum Gasteiger partial charge on any atom is 0.265 e. The molecule has 2 rings (SSSR count). The molecule has 1 heterocycles. The Bertz CT molecular complexity index is 609. The Morgan fingerprint density at radius 3 is 2.44 bits per heavy atom. The van der Waals surface area contributed by atoms with Crippen molar-refractivity contribution in [3.8, 4) is 6.07 Å². The van der Waals surface area contributed by atoms with E-state index in [1.807, 2.05) is 6.07 Å². The van der Waals surface area contributed by atoms with Gasteiger partial charge in [-0.2, -0.15) is 5.26 Å². The molecule has 0 aliphatic carbocycles. The molecular weight excluding hydrogens is 380 g/mol. The van der Waals surface area contributed by atoms with Gasteiger partial charge in [0.25, 0.3) is 5.91 Å². The molecule has 0 unspecified atom stereocenters. The third-order valence-corrected chi connectivity index (χ3v) is 5.40. The molecule has 6 heteroatoms. The molecule has 1 aromatic carbocycles. The Morgan fingerprint density at radius 1 is 1.28 bits per heavy atom. The highest BCUT2D eigenvalue weighted by Crippen LogP contribution is 2.32. The van der Waals surface area contributed by atoms with Crippen molar-refractivity contribution in [3.63, 3.8) is 0 Å².